The molecule has 1 aromatic carbocycles. The fourth-order valence-electron chi connectivity index (χ4n) is 2.04. The molecule has 1 amide bonds. The van der Waals surface area contributed by atoms with E-state index in [4.69, 9.17) is 9.84 Å². The zero-order valence-electron chi connectivity index (χ0n) is 13.4. The number of carbonyl (C=O) groups excluding carboxylic acids is 1. The van der Waals surface area contributed by atoms with Crippen molar-refractivity contribution in [3.8, 4) is 5.75 Å². The lowest BCUT2D eigenvalue weighted by Gasteiger charge is -2.07. The van der Waals surface area contributed by atoms with Crippen molar-refractivity contribution in [3.63, 3.8) is 0 Å². The summed E-state index contributed by atoms with van der Waals surface area (Å²) in [6.45, 7) is 2.42. The summed E-state index contributed by atoms with van der Waals surface area (Å²) >= 11 is 0. The van der Waals surface area contributed by atoms with Gasteiger partial charge in [-0.3, -0.25) is 9.59 Å². The van der Waals surface area contributed by atoms with Gasteiger partial charge >= 0.3 is 5.97 Å². The van der Waals surface area contributed by atoms with E-state index in [-0.39, 0.29) is 19.0 Å². The van der Waals surface area contributed by atoms with E-state index >= 15 is 0 Å². The maximum Gasteiger partial charge on any atom is 0.325 e. The number of aryl methyl sites for hydroxylation is 1. The van der Waals surface area contributed by atoms with Crippen LogP contribution in [0.15, 0.2) is 30.5 Å². The van der Waals surface area contributed by atoms with Gasteiger partial charge in [0.25, 0.3) is 0 Å². The lowest BCUT2D eigenvalue weighted by Crippen LogP contribution is -2.23. The van der Waals surface area contributed by atoms with Crippen LogP contribution in [0.1, 0.15) is 24.1 Å². The van der Waals surface area contributed by atoms with Crippen molar-refractivity contribution >= 4 is 11.9 Å². The summed E-state index contributed by atoms with van der Waals surface area (Å²) in [4.78, 5) is 22.3. The molecule has 0 saturated carbocycles. The van der Waals surface area contributed by atoms with Gasteiger partial charge in [-0.1, -0.05) is 17.3 Å². The van der Waals surface area contributed by atoms with Crippen molar-refractivity contribution in [3.05, 3.63) is 41.7 Å². The quantitative estimate of drug-likeness (QED) is 0.667. The molecule has 0 fully saturated rings. The van der Waals surface area contributed by atoms with Gasteiger partial charge in [0.2, 0.25) is 5.91 Å². The molecule has 0 spiro atoms. The van der Waals surface area contributed by atoms with Crippen LogP contribution in [0.2, 0.25) is 0 Å². The van der Waals surface area contributed by atoms with Crippen molar-refractivity contribution < 1.29 is 19.4 Å². The Bertz CT molecular complexity index is 699. The second-order valence-electron chi connectivity index (χ2n) is 5.35. The highest BCUT2D eigenvalue weighted by atomic mass is 16.5. The van der Waals surface area contributed by atoms with Gasteiger partial charge in [-0.2, -0.15) is 0 Å². The van der Waals surface area contributed by atoms with Gasteiger partial charge in [0, 0.05) is 6.42 Å². The summed E-state index contributed by atoms with van der Waals surface area (Å²) < 4.78 is 6.79. The Hall–Kier alpha value is -2.90. The van der Waals surface area contributed by atoms with Gasteiger partial charge in [-0.05, 0) is 31.0 Å². The first-order chi connectivity index (χ1) is 11.5. The van der Waals surface area contributed by atoms with Crippen LogP contribution in [0, 0.1) is 6.92 Å². The SMILES string of the molecule is Cc1cccc(OCCCC(=O)NCc2cn(CC(=O)O)nn2)c1. The molecule has 128 valence electrons. The number of amides is 1. The molecule has 0 unspecified atom stereocenters. The van der Waals surface area contributed by atoms with Gasteiger partial charge in [-0.25, -0.2) is 4.68 Å². The maximum atomic E-state index is 11.8. The molecule has 8 nitrogen and oxygen atoms in total. The first-order valence-corrected chi connectivity index (χ1v) is 7.60. The molecule has 0 atom stereocenters. The van der Waals surface area contributed by atoms with E-state index in [1.807, 2.05) is 31.2 Å². The van der Waals surface area contributed by atoms with E-state index in [0.29, 0.717) is 25.1 Å². The number of ether oxygens (including phenoxy) is 1. The van der Waals surface area contributed by atoms with Gasteiger partial charge < -0.3 is 15.2 Å². The number of nitrogens with zero attached hydrogens (tertiary/aromatic N) is 3. The predicted molar refractivity (Wildman–Crippen MR) is 85.4 cm³/mol. The highest BCUT2D eigenvalue weighted by Crippen LogP contribution is 2.12. The maximum absolute atomic E-state index is 11.8. The molecule has 1 aromatic heterocycles. The van der Waals surface area contributed by atoms with Crippen molar-refractivity contribution in [1.29, 1.82) is 0 Å². The number of rotatable bonds is 9. The summed E-state index contributed by atoms with van der Waals surface area (Å²) in [7, 11) is 0. The summed E-state index contributed by atoms with van der Waals surface area (Å²) in [5, 5.41) is 18.8. The normalized spacial score (nSPS) is 10.4. The van der Waals surface area contributed by atoms with Crippen molar-refractivity contribution in [2.45, 2.75) is 32.9 Å². The van der Waals surface area contributed by atoms with E-state index in [9.17, 15) is 9.59 Å². The molecule has 0 aliphatic rings. The molecule has 2 N–H and O–H groups in total. The molecule has 1 heterocycles. The first-order valence-electron chi connectivity index (χ1n) is 7.60. The summed E-state index contributed by atoms with van der Waals surface area (Å²) in [6.07, 6.45) is 2.44. The highest BCUT2D eigenvalue weighted by Gasteiger charge is 2.06. The number of benzene rings is 1. The van der Waals surface area contributed by atoms with Gasteiger partial charge in [0.05, 0.1) is 19.3 Å². The number of carbonyl (C=O) groups is 2. The largest absolute Gasteiger partial charge is 0.494 e. The van der Waals surface area contributed by atoms with Crippen LogP contribution in [-0.2, 0) is 22.7 Å². The van der Waals surface area contributed by atoms with Crippen LogP contribution in [0.4, 0.5) is 0 Å². The second-order valence-corrected chi connectivity index (χ2v) is 5.35. The molecular weight excluding hydrogens is 312 g/mol. The molecule has 0 radical (unpaired) electrons. The lowest BCUT2D eigenvalue weighted by molar-refractivity contribution is -0.138. The lowest BCUT2D eigenvalue weighted by atomic mass is 10.2. The Morgan fingerprint density at radius 3 is 2.96 bits per heavy atom. The van der Waals surface area contributed by atoms with E-state index in [1.165, 1.54) is 10.9 Å². The third-order valence-corrected chi connectivity index (χ3v) is 3.16. The zero-order chi connectivity index (χ0) is 17.4. The Kier molecular flexibility index (Phi) is 6.30. The molecule has 8 heteroatoms. The topological polar surface area (TPSA) is 106 Å². The number of hydrogen-bond acceptors (Lipinski definition) is 5. The van der Waals surface area contributed by atoms with Crippen LogP contribution in [0.5, 0.6) is 5.75 Å². The Morgan fingerprint density at radius 2 is 2.21 bits per heavy atom. The van der Waals surface area contributed by atoms with Gasteiger partial charge in [0.1, 0.15) is 18.0 Å². The molecule has 2 rings (SSSR count). The average molecular weight is 332 g/mol. The van der Waals surface area contributed by atoms with E-state index in [2.05, 4.69) is 15.6 Å². The van der Waals surface area contributed by atoms with E-state index in [1.54, 1.807) is 0 Å². The van der Waals surface area contributed by atoms with E-state index in [0.717, 1.165) is 11.3 Å². The fraction of sp³-hybridized carbons (Fsp3) is 0.375. The number of nitrogens with one attached hydrogen (secondary N) is 1. The number of hydrogen-bond donors (Lipinski definition) is 2. The van der Waals surface area contributed by atoms with Crippen molar-refractivity contribution in [2.24, 2.45) is 0 Å². The second kappa shape index (κ2) is 8.66. The summed E-state index contributed by atoms with van der Waals surface area (Å²) in [5.41, 5.74) is 1.64. The molecule has 24 heavy (non-hydrogen) atoms. The van der Waals surface area contributed by atoms with Crippen LogP contribution in [0.3, 0.4) is 0 Å². The number of aliphatic carboxylic acids is 1. The monoisotopic (exact) mass is 332 g/mol. The minimum atomic E-state index is -0.996. The van der Waals surface area contributed by atoms with Crippen molar-refractivity contribution in [1.82, 2.24) is 20.3 Å². The third kappa shape index (κ3) is 6.07. The van der Waals surface area contributed by atoms with Crippen molar-refractivity contribution in [2.75, 3.05) is 6.61 Å². The van der Waals surface area contributed by atoms with Crippen LogP contribution in [-0.4, -0.2) is 38.6 Å². The third-order valence-electron chi connectivity index (χ3n) is 3.16. The summed E-state index contributed by atoms with van der Waals surface area (Å²) in [6, 6.07) is 7.75. The number of aromatic nitrogens is 3. The molecule has 0 bridgehead atoms. The molecule has 2 aromatic rings. The molecule has 0 saturated heterocycles. The Morgan fingerprint density at radius 1 is 1.38 bits per heavy atom. The molecule has 0 aliphatic heterocycles. The number of carboxylic acids is 1. The molecular formula is C16H20N4O4. The minimum absolute atomic E-state index is 0.115. The van der Waals surface area contributed by atoms with Crippen LogP contribution < -0.4 is 10.1 Å². The highest BCUT2D eigenvalue weighted by molar-refractivity contribution is 5.75. The van der Waals surface area contributed by atoms with Gasteiger partial charge in [-0.15, -0.1) is 5.10 Å². The average Bonchev–Trinajstić information content (AvgIpc) is 2.96. The standard InChI is InChI=1S/C16H20N4O4/c1-12-4-2-5-14(8-12)24-7-3-6-15(21)17-9-13-10-20(19-18-13)11-16(22)23/h2,4-5,8,10H,3,6-7,9,11H2,1H3,(H,17,21)(H,22,23). The molecule has 0 aliphatic carbocycles. The summed E-state index contributed by atoms with van der Waals surface area (Å²) in [5.74, 6) is -0.315. The Balaban J connectivity index is 1.63. The smallest absolute Gasteiger partial charge is 0.325 e. The Labute approximate surface area is 139 Å². The first kappa shape index (κ1) is 17.5. The number of carboxylic acid groups (broad SMARTS) is 1. The zero-order valence-corrected chi connectivity index (χ0v) is 13.4. The minimum Gasteiger partial charge on any atom is -0.494 e. The van der Waals surface area contributed by atoms with Gasteiger partial charge in [0.15, 0.2) is 0 Å². The van der Waals surface area contributed by atoms with E-state index < -0.39 is 5.97 Å². The fourth-order valence-corrected chi connectivity index (χ4v) is 2.04. The predicted octanol–water partition coefficient (Wildman–Crippen LogP) is 1.15. The van der Waals surface area contributed by atoms with Crippen LogP contribution in [0.25, 0.3) is 0 Å². The van der Waals surface area contributed by atoms with Crippen LogP contribution >= 0.6 is 0 Å².